The van der Waals surface area contributed by atoms with Crippen LogP contribution in [-0.2, 0) is 0 Å². The minimum absolute atomic E-state index is 1.22. The van der Waals surface area contributed by atoms with E-state index in [2.05, 4.69) is 24.8 Å². The number of likely N-dealkylation sites (tertiary alicyclic amines) is 1. The number of nitrogens with zero attached hydrogens (tertiary/aromatic N) is 1. The van der Waals surface area contributed by atoms with Gasteiger partial charge in [0.25, 0.3) is 0 Å². The first-order valence-corrected chi connectivity index (χ1v) is 5.23. The van der Waals surface area contributed by atoms with Gasteiger partial charge in [-0.05, 0) is 39.3 Å². The molecule has 0 aliphatic carbocycles. The third kappa shape index (κ3) is 2.98. The molecule has 0 radical (unpaired) electrons. The Morgan fingerprint density at radius 1 is 1.25 bits per heavy atom. The van der Waals surface area contributed by atoms with Crippen LogP contribution in [0.25, 0.3) is 0 Å². The smallest absolute Gasteiger partial charge is 0.0192 e. The maximum Gasteiger partial charge on any atom is 0.0192 e. The Morgan fingerprint density at radius 3 is 2.42 bits per heavy atom. The van der Waals surface area contributed by atoms with E-state index in [1.807, 2.05) is 0 Å². The van der Waals surface area contributed by atoms with E-state index in [1.54, 1.807) is 5.57 Å². The molecule has 1 heterocycles. The molecule has 1 heteroatoms. The fourth-order valence-corrected chi connectivity index (χ4v) is 1.81. The van der Waals surface area contributed by atoms with Gasteiger partial charge in [0.05, 0.1) is 0 Å². The van der Waals surface area contributed by atoms with Crippen molar-refractivity contribution in [2.24, 2.45) is 0 Å². The summed E-state index contributed by atoms with van der Waals surface area (Å²) < 4.78 is 0. The van der Waals surface area contributed by atoms with Gasteiger partial charge in [-0.15, -0.1) is 0 Å². The molecular formula is C11H21N. The quantitative estimate of drug-likeness (QED) is 0.584. The van der Waals surface area contributed by atoms with Crippen LogP contribution in [0, 0.1) is 0 Å². The molecule has 1 saturated heterocycles. The average molecular weight is 167 g/mol. The van der Waals surface area contributed by atoms with Crippen molar-refractivity contribution in [1.29, 1.82) is 0 Å². The summed E-state index contributed by atoms with van der Waals surface area (Å²) in [5, 5.41) is 0. The second kappa shape index (κ2) is 5.36. The number of piperidine rings is 1. The summed E-state index contributed by atoms with van der Waals surface area (Å²) in [6, 6.07) is 0. The first kappa shape index (κ1) is 9.79. The molecule has 12 heavy (non-hydrogen) atoms. The molecular weight excluding hydrogens is 146 g/mol. The standard InChI is InChI=1S/C11H21N/c1-3-11(4-2)10-12-8-6-5-7-9-12/h3H,4-10H2,1-2H3/b11-3-. The zero-order valence-electron chi connectivity index (χ0n) is 8.47. The van der Waals surface area contributed by atoms with E-state index in [9.17, 15) is 0 Å². The molecule has 0 saturated carbocycles. The van der Waals surface area contributed by atoms with Crippen LogP contribution in [0.5, 0.6) is 0 Å². The lowest BCUT2D eigenvalue weighted by atomic mass is 10.1. The van der Waals surface area contributed by atoms with Crippen molar-refractivity contribution >= 4 is 0 Å². The van der Waals surface area contributed by atoms with E-state index < -0.39 is 0 Å². The Hall–Kier alpha value is -0.300. The highest BCUT2D eigenvalue weighted by Crippen LogP contribution is 2.11. The zero-order chi connectivity index (χ0) is 8.81. The molecule has 1 aliphatic rings. The van der Waals surface area contributed by atoms with Crippen molar-refractivity contribution in [2.45, 2.75) is 39.5 Å². The van der Waals surface area contributed by atoms with E-state index in [0.29, 0.717) is 0 Å². The summed E-state index contributed by atoms with van der Waals surface area (Å²) in [4.78, 5) is 2.59. The van der Waals surface area contributed by atoms with Gasteiger partial charge in [0.15, 0.2) is 0 Å². The van der Waals surface area contributed by atoms with Gasteiger partial charge < -0.3 is 0 Å². The Kier molecular flexibility index (Phi) is 4.37. The molecule has 0 aromatic heterocycles. The van der Waals surface area contributed by atoms with Gasteiger partial charge >= 0.3 is 0 Å². The van der Waals surface area contributed by atoms with Crippen molar-refractivity contribution in [3.63, 3.8) is 0 Å². The van der Waals surface area contributed by atoms with Crippen molar-refractivity contribution in [1.82, 2.24) is 4.90 Å². The Labute approximate surface area is 76.5 Å². The SMILES string of the molecule is C/C=C(/CC)CN1CCCCC1. The monoisotopic (exact) mass is 167 g/mol. The largest absolute Gasteiger partial charge is 0.299 e. The molecule has 0 unspecified atom stereocenters. The van der Waals surface area contributed by atoms with Crippen LogP contribution >= 0.6 is 0 Å². The molecule has 70 valence electrons. The van der Waals surface area contributed by atoms with Crippen LogP contribution in [-0.4, -0.2) is 24.5 Å². The Balaban J connectivity index is 2.28. The fourth-order valence-electron chi connectivity index (χ4n) is 1.81. The van der Waals surface area contributed by atoms with Crippen LogP contribution in [0.1, 0.15) is 39.5 Å². The number of hydrogen-bond donors (Lipinski definition) is 0. The van der Waals surface area contributed by atoms with Gasteiger partial charge in [-0.25, -0.2) is 0 Å². The summed E-state index contributed by atoms with van der Waals surface area (Å²) in [7, 11) is 0. The van der Waals surface area contributed by atoms with Gasteiger partial charge in [-0.1, -0.05) is 25.0 Å². The maximum absolute atomic E-state index is 2.59. The normalized spacial score (nSPS) is 21.3. The second-order valence-corrected chi connectivity index (χ2v) is 3.64. The fraction of sp³-hybridized carbons (Fsp3) is 0.818. The first-order valence-electron chi connectivity index (χ1n) is 5.23. The first-order chi connectivity index (χ1) is 5.86. The second-order valence-electron chi connectivity index (χ2n) is 3.64. The molecule has 0 bridgehead atoms. The maximum atomic E-state index is 2.59. The molecule has 0 spiro atoms. The predicted molar refractivity (Wildman–Crippen MR) is 54.3 cm³/mol. The lowest BCUT2D eigenvalue weighted by molar-refractivity contribution is 0.245. The molecule has 0 atom stereocenters. The lowest BCUT2D eigenvalue weighted by Gasteiger charge is -2.27. The van der Waals surface area contributed by atoms with Crippen LogP contribution in [0.15, 0.2) is 11.6 Å². The molecule has 0 aromatic rings. The Morgan fingerprint density at radius 2 is 1.92 bits per heavy atom. The van der Waals surface area contributed by atoms with E-state index >= 15 is 0 Å². The molecule has 0 N–H and O–H groups in total. The molecule has 1 aliphatic heterocycles. The minimum atomic E-state index is 1.22. The van der Waals surface area contributed by atoms with E-state index in [1.165, 1.54) is 45.3 Å². The highest BCUT2D eigenvalue weighted by atomic mass is 15.1. The van der Waals surface area contributed by atoms with Crippen molar-refractivity contribution < 1.29 is 0 Å². The summed E-state index contributed by atoms with van der Waals surface area (Å²) in [5.41, 5.74) is 1.59. The summed E-state index contributed by atoms with van der Waals surface area (Å²) in [5.74, 6) is 0. The zero-order valence-corrected chi connectivity index (χ0v) is 8.47. The van der Waals surface area contributed by atoms with Crippen molar-refractivity contribution in [3.8, 4) is 0 Å². The van der Waals surface area contributed by atoms with Gasteiger partial charge in [-0.2, -0.15) is 0 Å². The topological polar surface area (TPSA) is 3.24 Å². The summed E-state index contributed by atoms with van der Waals surface area (Å²) in [6.07, 6.45) is 7.73. The number of hydrogen-bond acceptors (Lipinski definition) is 1. The summed E-state index contributed by atoms with van der Waals surface area (Å²) >= 11 is 0. The molecule has 1 fully saturated rings. The lowest BCUT2D eigenvalue weighted by Crippen LogP contribution is -2.31. The van der Waals surface area contributed by atoms with E-state index in [4.69, 9.17) is 0 Å². The van der Waals surface area contributed by atoms with Crippen LogP contribution in [0.3, 0.4) is 0 Å². The third-order valence-corrected chi connectivity index (χ3v) is 2.74. The molecule has 0 amide bonds. The van der Waals surface area contributed by atoms with E-state index in [-0.39, 0.29) is 0 Å². The predicted octanol–water partition coefficient (Wildman–Crippen LogP) is 2.83. The van der Waals surface area contributed by atoms with Gasteiger partial charge in [-0.3, -0.25) is 4.90 Å². The number of allylic oxidation sites excluding steroid dienone is 1. The molecule has 0 aromatic carbocycles. The van der Waals surface area contributed by atoms with Gasteiger partial charge in [0.1, 0.15) is 0 Å². The Bertz CT molecular complexity index is 143. The molecule has 1 nitrogen and oxygen atoms in total. The van der Waals surface area contributed by atoms with Gasteiger partial charge in [0, 0.05) is 6.54 Å². The third-order valence-electron chi connectivity index (χ3n) is 2.74. The van der Waals surface area contributed by atoms with Crippen LogP contribution in [0.2, 0.25) is 0 Å². The molecule has 1 rings (SSSR count). The van der Waals surface area contributed by atoms with Crippen LogP contribution < -0.4 is 0 Å². The van der Waals surface area contributed by atoms with E-state index in [0.717, 1.165) is 0 Å². The highest BCUT2D eigenvalue weighted by molar-refractivity contribution is 5.02. The minimum Gasteiger partial charge on any atom is -0.299 e. The van der Waals surface area contributed by atoms with Crippen molar-refractivity contribution in [3.05, 3.63) is 11.6 Å². The summed E-state index contributed by atoms with van der Waals surface area (Å²) in [6.45, 7) is 8.25. The number of rotatable bonds is 3. The average Bonchev–Trinajstić information content (AvgIpc) is 2.16. The van der Waals surface area contributed by atoms with Gasteiger partial charge in [0.2, 0.25) is 0 Å². The highest BCUT2D eigenvalue weighted by Gasteiger charge is 2.09. The van der Waals surface area contributed by atoms with Crippen LogP contribution in [0.4, 0.5) is 0 Å². The van der Waals surface area contributed by atoms with Crippen molar-refractivity contribution in [2.75, 3.05) is 19.6 Å².